The molecular formula is C23H16N4. The van der Waals surface area contributed by atoms with Gasteiger partial charge < -0.3 is 0 Å². The Hall–Kier alpha value is -3.66. The zero-order valence-electron chi connectivity index (χ0n) is 14.6. The Labute approximate surface area is 157 Å². The van der Waals surface area contributed by atoms with Gasteiger partial charge in [-0.1, -0.05) is 55.1 Å². The molecular weight excluding hydrogens is 332 g/mol. The highest BCUT2D eigenvalue weighted by atomic mass is 15.5. The molecule has 1 atom stereocenters. The van der Waals surface area contributed by atoms with Crippen LogP contribution in [-0.4, -0.2) is 16.1 Å². The van der Waals surface area contributed by atoms with Gasteiger partial charge in [-0.25, -0.2) is 9.97 Å². The van der Waals surface area contributed by atoms with Crippen molar-refractivity contribution < 1.29 is 0 Å². The van der Waals surface area contributed by atoms with Crippen molar-refractivity contribution in [3.05, 3.63) is 91.0 Å². The lowest BCUT2D eigenvalue weighted by molar-refractivity contribution is 0.871. The van der Waals surface area contributed by atoms with Crippen LogP contribution in [0, 0.1) is 0 Å². The number of fused-ring (bicyclic) bond motifs is 6. The van der Waals surface area contributed by atoms with Crippen LogP contribution in [0.1, 0.15) is 5.56 Å². The first-order chi connectivity index (χ1) is 13.3. The minimum atomic E-state index is -0.0448. The second-order valence-corrected chi connectivity index (χ2v) is 6.85. The quantitative estimate of drug-likeness (QED) is 0.469. The highest BCUT2D eigenvalue weighted by molar-refractivity contribution is 6.01. The normalized spacial score (nSPS) is 17.2. The van der Waals surface area contributed by atoms with Crippen molar-refractivity contribution in [2.45, 2.75) is 6.17 Å². The van der Waals surface area contributed by atoms with E-state index in [0.29, 0.717) is 0 Å². The Bertz CT molecular complexity index is 1180. The van der Waals surface area contributed by atoms with Gasteiger partial charge in [0.25, 0.3) is 0 Å². The van der Waals surface area contributed by atoms with Gasteiger partial charge in [-0.15, -0.1) is 0 Å². The summed E-state index contributed by atoms with van der Waals surface area (Å²) in [5, 5.41) is 0. The monoisotopic (exact) mass is 348 g/mol. The zero-order valence-corrected chi connectivity index (χ0v) is 14.6. The zero-order chi connectivity index (χ0) is 18.0. The minimum absolute atomic E-state index is 0.0448. The average molecular weight is 348 g/mol. The van der Waals surface area contributed by atoms with Gasteiger partial charge in [0, 0.05) is 11.3 Å². The number of nitrogens with zero attached hydrogens (tertiary/aromatic N) is 4. The van der Waals surface area contributed by atoms with E-state index in [4.69, 9.17) is 9.97 Å². The predicted octanol–water partition coefficient (Wildman–Crippen LogP) is 5.27. The van der Waals surface area contributed by atoms with Gasteiger partial charge in [-0.2, -0.15) is 0 Å². The van der Waals surface area contributed by atoms with Gasteiger partial charge in [0.15, 0.2) is 11.6 Å². The molecule has 3 heterocycles. The Morgan fingerprint density at radius 3 is 2.00 bits per heavy atom. The van der Waals surface area contributed by atoms with Crippen molar-refractivity contribution in [1.82, 2.24) is 9.97 Å². The van der Waals surface area contributed by atoms with Crippen LogP contribution in [0.5, 0.6) is 0 Å². The molecule has 4 nitrogen and oxygen atoms in total. The van der Waals surface area contributed by atoms with Crippen LogP contribution in [0.25, 0.3) is 16.6 Å². The first-order valence-corrected chi connectivity index (χ1v) is 9.01. The summed E-state index contributed by atoms with van der Waals surface area (Å²) < 4.78 is 0. The van der Waals surface area contributed by atoms with E-state index < -0.39 is 0 Å². The van der Waals surface area contributed by atoms with Gasteiger partial charge in [-0.05, 0) is 35.9 Å². The third-order valence-corrected chi connectivity index (χ3v) is 5.34. The molecule has 0 aliphatic carbocycles. The molecule has 1 aromatic heterocycles. The second-order valence-electron chi connectivity index (χ2n) is 6.85. The first kappa shape index (κ1) is 14.5. The Morgan fingerprint density at radius 2 is 1.26 bits per heavy atom. The lowest BCUT2D eigenvalue weighted by atomic mass is 10.1. The molecule has 3 aromatic carbocycles. The van der Waals surface area contributed by atoms with E-state index in [1.807, 2.05) is 30.3 Å². The molecule has 0 bridgehead atoms. The SMILES string of the molecule is C=C1c2ccccc2N2c3nc4ccccc4nc3N(c3ccccc3)C12. The van der Waals surface area contributed by atoms with E-state index in [1.54, 1.807) is 0 Å². The smallest absolute Gasteiger partial charge is 0.179 e. The van der Waals surface area contributed by atoms with Gasteiger partial charge in [0.1, 0.15) is 6.17 Å². The molecule has 0 saturated carbocycles. The fourth-order valence-electron chi connectivity index (χ4n) is 4.16. The standard InChI is InChI=1S/C23H16N4/c1-15-17-11-5-8-14-20(17)27-22-21(24-18-12-6-7-13-19(18)25-22)26(23(15)27)16-9-3-2-4-10-16/h2-14,23H,1H2. The molecule has 0 fully saturated rings. The molecule has 0 spiro atoms. The van der Waals surface area contributed by atoms with Crippen LogP contribution in [0.4, 0.5) is 23.0 Å². The summed E-state index contributed by atoms with van der Waals surface area (Å²) in [5.41, 5.74) is 6.26. The molecule has 128 valence electrons. The van der Waals surface area contributed by atoms with Crippen LogP contribution in [0.2, 0.25) is 0 Å². The Kier molecular flexibility index (Phi) is 2.78. The maximum absolute atomic E-state index is 4.99. The van der Waals surface area contributed by atoms with Crippen LogP contribution >= 0.6 is 0 Å². The number of benzene rings is 3. The van der Waals surface area contributed by atoms with Crippen molar-refractivity contribution in [1.29, 1.82) is 0 Å². The van der Waals surface area contributed by atoms with E-state index in [9.17, 15) is 0 Å². The fourth-order valence-corrected chi connectivity index (χ4v) is 4.16. The van der Waals surface area contributed by atoms with Gasteiger partial charge in [-0.3, -0.25) is 9.80 Å². The van der Waals surface area contributed by atoms with Crippen molar-refractivity contribution >= 4 is 39.6 Å². The third-order valence-electron chi connectivity index (χ3n) is 5.34. The summed E-state index contributed by atoms with van der Waals surface area (Å²) in [5.74, 6) is 1.76. The van der Waals surface area contributed by atoms with Crippen LogP contribution in [0.15, 0.2) is 85.4 Å². The Morgan fingerprint density at radius 1 is 0.667 bits per heavy atom. The van der Waals surface area contributed by atoms with Crippen LogP contribution in [0.3, 0.4) is 0 Å². The third kappa shape index (κ3) is 1.87. The van der Waals surface area contributed by atoms with Gasteiger partial charge in [0.2, 0.25) is 0 Å². The molecule has 4 heteroatoms. The molecule has 1 unspecified atom stereocenters. The fraction of sp³-hybridized carbons (Fsp3) is 0.0435. The summed E-state index contributed by atoms with van der Waals surface area (Å²) >= 11 is 0. The second kappa shape index (κ2) is 5.17. The Balaban J connectivity index is 1.68. The lowest BCUT2D eigenvalue weighted by Crippen LogP contribution is -2.35. The summed E-state index contributed by atoms with van der Waals surface area (Å²) in [4.78, 5) is 14.5. The molecule has 2 aliphatic heterocycles. The lowest BCUT2D eigenvalue weighted by Gasteiger charge is -2.27. The van der Waals surface area contributed by atoms with Crippen LogP contribution < -0.4 is 9.80 Å². The highest BCUT2D eigenvalue weighted by Gasteiger charge is 2.47. The van der Waals surface area contributed by atoms with E-state index in [1.165, 1.54) is 5.56 Å². The number of hydrogen-bond acceptors (Lipinski definition) is 4. The van der Waals surface area contributed by atoms with Crippen molar-refractivity contribution in [3.63, 3.8) is 0 Å². The first-order valence-electron chi connectivity index (χ1n) is 9.01. The topological polar surface area (TPSA) is 32.3 Å². The molecule has 4 aromatic rings. The number of aromatic nitrogens is 2. The van der Waals surface area contributed by atoms with Crippen molar-refractivity contribution in [3.8, 4) is 0 Å². The van der Waals surface area contributed by atoms with Gasteiger partial charge >= 0.3 is 0 Å². The number of anilines is 4. The van der Waals surface area contributed by atoms with E-state index in [2.05, 4.69) is 64.9 Å². The van der Waals surface area contributed by atoms with E-state index >= 15 is 0 Å². The summed E-state index contributed by atoms with van der Waals surface area (Å²) in [6.45, 7) is 4.43. The molecule has 6 rings (SSSR count). The van der Waals surface area contributed by atoms with Gasteiger partial charge in [0.05, 0.1) is 16.7 Å². The molecule has 27 heavy (non-hydrogen) atoms. The molecule has 0 N–H and O–H groups in total. The predicted molar refractivity (Wildman–Crippen MR) is 110 cm³/mol. The summed E-state index contributed by atoms with van der Waals surface area (Å²) in [6, 6.07) is 26.8. The summed E-state index contributed by atoms with van der Waals surface area (Å²) in [7, 11) is 0. The number of para-hydroxylation sites is 4. The highest BCUT2D eigenvalue weighted by Crippen LogP contribution is 2.54. The molecule has 0 amide bonds. The average Bonchev–Trinajstić information content (AvgIpc) is 3.20. The van der Waals surface area contributed by atoms with E-state index in [0.717, 1.165) is 39.6 Å². The molecule has 2 aliphatic rings. The maximum Gasteiger partial charge on any atom is 0.179 e. The maximum atomic E-state index is 4.99. The number of hydrogen-bond donors (Lipinski definition) is 0. The minimum Gasteiger partial charge on any atom is -0.298 e. The molecule has 0 saturated heterocycles. The summed E-state index contributed by atoms with van der Waals surface area (Å²) in [6.07, 6.45) is -0.0448. The number of rotatable bonds is 1. The van der Waals surface area contributed by atoms with Crippen LogP contribution in [-0.2, 0) is 0 Å². The van der Waals surface area contributed by atoms with Crippen molar-refractivity contribution in [2.75, 3.05) is 9.80 Å². The molecule has 0 radical (unpaired) electrons. The van der Waals surface area contributed by atoms with Crippen molar-refractivity contribution in [2.24, 2.45) is 0 Å². The van der Waals surface area contributed by atoms with E-state index in [-0.39, 0.29) is 6.17 Å². The largest absolute Gasteiger partial charge is 0.298 e.